The van der Waals surface area contributed by atoms with Crippen LogP contribution >= 0.6 is 0 Å². The van der Waals surface area contributed by atoms with Crippen LogP contribution in [0.5, 0.6) is 0 Å². The number of hydrogen-bond acceptors (Lipinski definition) is 4. The van der Waals surface area contributed by atoms with Crippen molar-refractivity contribution < 1.29 is 19.1 Å². The molecule has 0 aromatic heterocycles. The second-order valence-electron chi connectivity index (χ2n) is 4.40. The minimum atomic E-state index is -0.0478. The van der Waals surface area contributed by atoms with Gasteiger partial charge in [-0.1, -0.05) is 0 Å². The van der Waals surface area contributed by atoms with E-state index < -0.39 is 0 Å². The highest BCUT2D eigenvalue weighted by Crippen LogP contribution is 2.06. The number of amides is 2. The predicted octanol–water partition coefficient (Wildman–Crippen LogP) is -0.327. The summed E-state index contributed by atoms with van der Waals surface area (Å²) >= 11 is 0. The van der Waals surface area contributed by atoms with E-state index in [2.05, 4.69) is 0 Å². The van der Waals surface area contributed by atoms with Gasteiger partial charge in [0.2, 0.25) is 11.8 Å². The van der Waals surface area contributed by atoms with Crippen LogP contribution in [0.4, 0.5) is 0 Å². The third-order valence-corrected chi connectivity index (χ3v) is 2.94. The first-order valence-electron chi connectivity index (χ1n) is 6.08. The number of piperazine rings is 1. The van der Waals surface area contributed by atoms with Gasteiger partial charge in [0.15, 0.2) is 0 Å². The highest BCUT2D eigenvalue weighted by Gasteiger charge is 2.23. The number of hydrogen-bond donors (Lipinski definition) is 0. The maximum absolute atomic E-state index is 11.8. The third-order valence-electron chi connectivity index (χ3n) is 2.94. The van der Waals surface area contributed by atoms with Gasteiger partial charge in [0.05, 0.1) is 0 Å². The molecule has 18 heavy (non-hydrogen) atoms. The minimum Gasteiger partial charge on any atom is -0.375 e. The Bertz CT molecular complexity index is 322. The van der Waals surface area contributed by atoms with Crippen molar-refractivity contribution in [3.05, 3.63) is 0 Å². The average molecular weight is 256 g/mol. The van der Waals surface area contributed by atoms with Gasteiger partial charge in [-0.3, -0.25) is 9.59 Å². The molecule has 2 amide bonds. The van der Waals surface area contributed by atoms with Crippen LogP contribution in [0.2, 0.25) is 0 Å². The Balaban J connectivity index is 2.32. The van der Waals surface area contributed by atoms with Gasteiger partial charge >= 0.3 is 0 Å². The van der Waals surface area contributed by atoms with Gasteiger partial charge in [0, 0.05) is 46.1 Å². The summed E-state index contributed by atoms with van der Waals surface area (Å²) in [6.07, 6.45) is 0.559. The molecule has 0 unspecified atom stereocenters. The molecule has 1 aliphatic rings. The van der Waals surface area contributed by atoms with Crippen LogP contribution in [0.15, 0.2) is 0 Å². The van der Waals surface area contributed by atoms with Crippen LogP contribution in [0.3, 0.4) is 0 Å². The molecule has 0 aromatic carbocycles. The Labute approximate surface area is 107 Å². The summed E-state index contributed by atoms with van der Waals surface area (Å²) < 4.78 is 4.79. The molecule has 1 heterocycles. The molecule has 1 aliphatic heterocycles. The quantitative estimate of drug-likeness (QED) is 0.675. The first-order valence-corrected chi connectivity index (χ1v) is 6.08. The standard InChI is InChI=1S/C12H20N2O4/c1-10(15)3-4-11(16)13-5-7-14(8-6-13)12(17)9-18-2/h3-9H2,1-2H3. The second-order valence-corrected chi connectivity index (χ2v) is 4.40. The van der Waals surface area contributed by atoms with E-state index in [1.807, 2.05) is 0 Å². The molecule has 1 saturated heterocycles. The molecule has 0 atom stereocenters. The highest BCUT2D eigenvalue weighted by atomic mass is 16.5. The maximum atomic E-state index is 11.8. The summed E-state index contributed by atoms with van der Waals surface area (Å²) in [5.41, 5.74) is 0. The Hall–Kier alpha value is -1.43. The SMILES string of the molecule is COCC(=O)N1CCN(C(=O)CCC(C)=O)CC1. The summed E-state index contributed by atoms with van der Waals surface area (Å²) in [7, 11) is 1.49. The van der Waals surface area contributed by atoms with Crippen LogP contribution in [-0.2, 0) is 19.1 Å². The van der Waals surface area contributed by atoms with E-state index in [4.69, 9.17) is 4.74 Å². The molecule has 0 aliphatic carbocycles. The molecule has 1 fully saturated rings. The lowest BCUT2D eigenvalue weighted by atomic mass is 10.2. The predicted molar refractivity (Wildman–Crippen MR) is 65.0 cm³/mol. The minimum absolute atomic E-state index is 0.0101. The Kier molecular flexibility index (Phi) is 5.77. The van der Waals surface area contributed by atoms with Gasteiger partial charge < -0.3 is 19.3 Å². The number of carbonyl (C=O) groups excluding carboxylic acids is 3. The van der Waals surface area contributed by atoms with Crippen LogP contribution < -0.4 is 0 Å². The van der Waals surface area contributed by atoms with Crippen molar-refractivity contribution in [3.8, 4) is 0 Å². The topological polar surface area (TPSA) is 66.9 Å². The number of Topliss-reactive ketones (excluding diaryl/α,β-unsaturated/α-hetero) is 1. The molecule has 0 spiro atoms. The van der Waals surface area contributed by atoms with Crippen molar-refractivity contribution in [1.29, 1.82) is 0 Å². The van der Waals surface area contributed by atoms with Crippen LogP contribution in [0.25, 0.3) is 0 Å². The fourth-order valence-electron chi connectivity index (χ4n) is 1.86. The Morgan fingerprint density at radius 2 is 1.44 bits per heavy atom. The first-order chi connectivity index (χ1) is 8.54. The van der Waals surface area contributed by atoms with E-state index >= 15 is 0 Å². The summed E-state index contributed by atoms with van der Waals surface area (Å²) in [4.78, 5) is 37.5. The average Bonchev–Trinajstić information content (AvgIpc) is 2.36. The molecule has 102 valence electrons. The molecule has 6 heteroatoms. The second kappa shape index (κ2) is 7.10. The maximum Gasteiger partial charge on any atom is 0.248 e. The van der Waals surface area contributed by atoms with Gasteiger partial charge in [-0.25, -0.2) is 0 Å². The fraction of sp³-hybridized carbons (Fsp3) is 0.750. The lowest BCUT2D eigenvalue weighted by Gasteiger charge is -2.34. The van der Waals surface area contributed by atoms with E-state index in [-0.39, 0.29) is 30.6 Å². The summed E-state index contributed by atoms with van der Waals surface area (Å²) in [6.45, 7) is 3.70. The van der Waals surface area contributed by atoms with Gasteiger partial charge in [-0.05, 0) is 6.92 Å². The van der Waals surface area contributed by atoms with Crippen molar-refractivity contribution in [2.24, 2.45) is 0 Å². The molecule has 0 N–H and O–H groups in total. The Morgan fingerprint density at radius 1 is 0.944 bits per heavy atom. The zero-order valence-electron chi connectivity index (χ0n) is 11.0. The number of methoxy groups -OCH3 is 1. The number of nitrogens with zero attached hydrogens (tertiary/aromatic N) is 2. The van der Waals surface area contributed by atoms with Gasteiger partial charge in [-0.2, -0.15) is 0 Å². The van der Waals surface area contributed by atoms with E-state index in [1.54, 1.807) is 9.80 Å². The smallest absolute Gasteiger partial charge is 0.248 e. The van der Waals surface area contributed by atoms with Crippen LogP contribution in [-0.4, -0.2) is 67.3 Å². The van der Waals surface area contributed by atoms with Crippen LogP contribution in [0, 0.1) is 0 Å². The number of carbonyl (C=O) groups is 3. The van der Waals surface area contributed by atoms with Crippen LogP contribution in [0.1, 0.15) is 19.8 Å². The monoisotopic (exact) mass is 256 g/mol. The van der Waals surface area contributed by atoms with E-state index in [1.165, 1.54) is 14.0 Å². The molecule has 1 rings (SSSR count). The lowest BCUT2D eigenvalue weighted by Crippen LogP contribution is -2.51. The number of ether oxygens (including phenoxy) is 1. The molecule has 6 nitrogen and oxygen atoms in total. The molecule has 0 aromatic rings. The molecular formula is C12H20N2O4. The summed E-state index contributed by atoms with van der Waals surface area (Å²) in [5, 5.41) is 0. The van der Waals surface area contributed by atoms with Crippen molar-refractivity contribution >= 4 is 17.6 Å². The van der Waals surface area contributed by atoms with Gasteiger partial charge in [-0.15, -0.1) is 0 Å². The zero-order chi connectivity index (χ0) is 13.5. The van der Waals surface area contributed by atoms with Gasteiger partial charge in [0.25, 0.3) is 0 Å². The zero-order valence-corrected chi connectivity index (χ0v) is 11.0. The normalized spacial score (nSPS) is 15.7. The lowest BCUT2D eigenvalue weighted by molar-refractivity contribution is -0.142. The molecular weight excluding hydrogens is 236 g/mol. The largest absolute Gasteiger partial charge is 0.375 e. The van der Waals surface area contributed by atoms with E-state index in [0.29, 0.717) is 32.6 Å². The van der Waals surface area contributed by atoms with Crippen molar-refractivity contribution in [2.75, 3.05) is 39.9 Å². The summed E-state index contributed by atoms with van der Waals surface area (Å²) in [6, 6.07) is 0. The molecule has 0 radical (unpaired) electrons. The van der Waals surface area contributed by atoms with E-state index in [0.717, 1.165) is 0 Å². The molecule has 0 bridgehead atoms. The van der Waals surface area contributed by atoms with E-state index in [9.17, 15) is 14.4 Å². The van der Waals surface area contributed by atoms with Crippen molar-refractivity contribution in [3.63, 3.8) is 0 Å². The highest BCUT2D eigenvalue weighted by molar-refractivity contribution is 5.84. The number of rotatable bonds is 5. The fourth-order valence-corrected chi connectivity index (χ4v) is 1.86. The molecule has 0 saturated carbocycles. The van der Waals surface area contributed by atoms with Crippen molar-refractivity contribution in [2.45, 2.75) is 19.8 Å². The Morgan fingerprint density at radius 3 is 1.89 bits per heavy atom. The summed E-state index contributed by atoms with van der Waals surface area (Å²) in [5.74, 6) is -0.0327. The van der Waals surface area contributed by atoms with Crippen molar-refractivity contribution in [1.82, 2.24) is 9.80 Å². The number of ketones is 1. The first kappa shape index (κ1) is 14.6. The third kappa shape index (κ3) is 4.44. The van der Waals surface area contributed by atoms with Gasteiger partial charge in [0.1, 0.15) is 12.4 Å².